The van der Waals surface area contributed by atoms with E-state index in [1.54, 1.807) is 24.0 Å². The molecule has 0 fully saturated rings. The third kappa shape index (κ3) is 8.19. The number of aliphatic hydroxyl groups is 1. The Morgan fingerprint density at radius 1 is 1.02 bits per heavy atom. The summed E-state index contributed by atoms with van der Waals surface area (Å²) in [5, 5.41) is 10.4. The second-order valence-corrected chi connectivity index (χ2v) is 13.8. The predicted octanol–water partition coefficient (Wildman–Crippen LogP) is 6.29. The number of likely N-dealkylation sites (N-methyl/N-ethyl adjacent to an activating group) is 1. The number of nitrogens with one attached hydrogen (secondary N) is 1. The van der Waals surface area contributed by atoms with Crippen molar-refractivity contribution in [2.24, 2.45) is 5.92 Å². The predicted molar refractivity (Wildman–Crippen MR) is 179 cm³/mol. The van der Waals surface area contributed by atoms with E-state index >= 15 is 0 Å². The van der Waals surface area contributed by atoms with Crippen LogP contribution >= 0.6 is 11.6 Å². The highest BCUT2D eigenvalue weighted by Gasteiger charge is 2.33. The number of halogens is 1. The first-order valence-electron chi connectivity index (χ1n) is 15.0. The zero-order valence-corrected chi connectivity index (χ0v) is 27.5. The van der Waals surface area contributed by atoms with E-state index in [1.807, 2.05) is 68.6 Å². The maximum absolute atomic E-state index is 13.8. The highest BCUT2D eigenvalue weighted by atomic mass is 35.5. The average Bonchev–Trinajstić information content (AvgIpc) is 3.04. The largest absolute Gasteiger partial charge is 0.488 e. The number of fused-ring (bicyclic) bond motifs is 1. The molecular formula is C35H38ClN3O6S. The first-order chi connectivity index (χ1) is 22.0. The van der Waals surface area contributed by atoms with Gasteiger partial charge in [-0.05, 0) is 86.3 Å². The Morgan fingerprint density at radius 3 is 2.37 bits per heavy atom. The van der Waals surface area contributed by atoms with Crippen molar-refractivity contribution in [2.45, 2.75) is 37.4 Å². The van der Waals surface area contributed by atoms with Gasteiger partial charge < -0.3 is 19.5 Å². The topological polar surface area (TPSA) is 108 Å². The molecule has 2 N–H and O–H groups in total. The quantitative estimate of drug-likeness (QED) is 0.194. The number of hydrogen-bond donors (Lipinski definition) is 2. The molecule has 9 nitrogen and oxygen atoms in total. The molecule has 0 bridgehead atoms. The number of carbonyl (C=O) groups excluding carboxylic acids is 1. The first-order valence-corrected chi connectivity index (χ1v) is 16.9. The first kappa shape index (κ1) is 33.3. The number of nitrogens with zero attached hydrogens (tertiary/aromatic N) is 2. The maximum Gasteiger partial charge on any atom is 0.261 e. The summed E-state index contributed by atoms with van der Waals surface area (Å²) in [7, 11) is -1.93. The molecule has 1 heterocycles. The highest BCUT2D eigenvalue weighted by molar-refractivity contribution is 7.92. The Balaban J connectivity index is 1.34. The van der Waals surface area contributed by atoms with Gasteiger partial charge in [0.2, 0.25) is 0 Å². The van der Waals surface area contributed by atoms with E-state index in [9.17, 15) is 18.3 Å². The highest BCUT2D eigenvalue weighted by Crippen LogP contribution is 2.32. The third-order valence-electron chi connectivity index (χ3n) is 7.89. The number of sulfonamides is 1. The second kappa shape index (κ2) is 14.6. The molecule has 0 aliphatic carbocycles. The number of aliphatic hydroxyl groups excluding tert-OH is 1. The number of carbonyl (C=O) groups is 1. The summed E-state index contributed by atoms with van der Waals surface area (Å²) in [4.78, 5) is 17.6. The molecule has 11 heteroatoms. The van der Waals surface area contributed by atoms with Crippen LogP contribution in [0.1, 0.15) is 29.8 Å². The van der Waals surface area contributed by atoms with Crippen molar-refractivity contribution in [1.29, 1.82) is 0 Å². The molecule has 0 saturated heterocycles. The number of anilines is 1. The minimum Gasteiger partial charge on any atom is -0.488 e. The molecule has 0 saturated carbocycles. The summed E-state index contributed by atoms with van der Waals surface area (Å²) in [6, 6.07) is 27.6. The minimum absolute atomic E-state index is 0.0389. The van der Waals surface area contributed by atoms with E-state index in [4.69, 9.17) is 21.1 Å². The molecule has 1 aliphatic heterocycles. The lowest BCUT2D eigenvalue weighted by Crippen LogP contribution is -2.49. The molecule has 0 aromatic heterocycles. The number of benzene rings is 4. The molecule has 0 unspecified atom stereocenters. The van der Waals surface area contributed by atoms with Crippen molar-refractivity contribution in [1.82, 2.24) is 9.80 Å². The molecule has 4 aromatic rings. The van der Waals surface area contributed by atoms with Crippen LogP contribution in [0.5, 0.6) is 17.2 Å². The minimum atomic E-state index is -3.94. The molecule has 5 rings (SSSR count). The van der Waals surface area contributed by atoms with Crippen molar-refractivity contribution in [3.05, 3.63) is 113 Å². The monoisotopic (exact) mass is 663 g/mol. The molecule has 0 spiro atoms. The van der Waals surface area contributed by atoms with Crippen LogP contribution in [0.2, 0.25) is 5.02 Å². The van der Waals surface area contributed by atoms with Crippen molar-refractivity contribution < 1.29 is 27.8 Å². The van der Waals surface area contributed by atoms with Crippen LogP contribution in [0.3, 0.4) is 0 Å². The molecule has 242 valence electrons. The van der Waals surface area contributed by atoms with E-state index < -0.39 is 16.1 Å². The van der Waals surface area contributed by atoms with Gasteiger partial charge in [-0.1, -0.05) is 48.9 Å². The van der Waals surface area contributed by atoms with Crippen LogP contribution in [0.25, 0.3) is 0 Å². The lowest BCUT2D eigenvalue weighted by Gasteiger charge is -2.38. The lowest BCUT2D eigenvalue weighted by atomic mass is 9.99. The van der Waals surface area contributed by atoms with E-state index in [0.717, 1.165) is 17.1 Å². The Morgan fingerprint density at radius 2 is 1.70 bits per heavy atom. The summed E-state index contributed by atoms with van der Waals surface area (Å²) in [6.07, 6.45) is -0.303. The van der Waals surface area contributed by atoms with Gasteiger partial charge in [-0.25, -0.2) is 8.42 Å². The Bertz CT molecular complexity index is 1740. The molecule has 46 heavy (non-hydrogen) atoms. The molecule has 1 amide bonds. The Hall–Kier alpha value is -4.09. The Kier molecular flexibility index (Phi) is 10.5. The standard InChI is InChI=1S/C35H38ClN3O6S/c1-24-20-39(25(2)23-40)35(41)32-19-28(37-46(42,43)31-16-11-27(36)12-17-31)13-18-33(32)45-34(24)22-38(3)21-26-9-14-30(15-10-26)44-29-7-5-4-6-8-29/h4-19,24-25,34,37,40H,20-23H2,1-3H3/t24-,25-,34+/m1/s1. The van der Waals surface area contributed by atoms with Gasteiger partial charge in [-0.3, -0.25) is 14.4 Å². The summed E-state index contributed by atoms with van der Waals surface area (Å²) in [6.45, 7) is 5.16. The molecule has 3 atom stereocenters. The van der Waals surface area contributed by atoms with E-state index in [-0.39, 0.29) is 40.7 Å². The summed E-state index contributed by atoms with van der Waals surface area (Å²) >= 11 is 5.92. The van der Waals surface area contributed by atoms with Crippen LogP contribution in [0.15, 0.2) is 102 Å². The zero-order chi connectivity index (χ0) is 32.8. The van der Waals surface area contributed by atoms with Crippen LogP contribution in [0, 0.1) is 5.92 Å². The van der Waals surface area contributed by atoms with Crippen molar-refractivity contribution in [3.8, 4) is 17.2 Å². The molecule has 4 aromatic carbocycles. The van der Waals surface area contributed by atoms with Crippen LogP contribution < -0.4 is 14.2 Å². The van der Waals surface area contributed by atoms with Crippen molar-refractivity contribution >= 4 is 33.2 Å². The summed E-state index contributed by atoms with van der Waals surface area (Å²) in [5.41, 5.74) is 1.53. The van der Waals surface area contributed by atoms with Gasteiger partial charge in [0.15, 0.2) is 0 Å². The van der Waals surface area contributed by atoms with E-state index in [1.165, 1.54) is 30.3 Å². The fourth-order valence-corrected chi connectivity index (χ4v) is 6.48. The zero-order valence-electron chi connectivity index (χ0n) is 26.0. The molecule has 1 aliphatic rings. The van der Waals surface area contributed by atoms with Gasteiger partial charge in [0, 0.05) is 36.3 Å². The SMILES string of the molecule is C[C@@H]1CN([C@H](C)CO)C(=O)c2cc(NS(=O)(=O)c3ccc(Cl)cc3)ccc2O[C@H]1CN(C)Cc1ccc(Oc2ccccc2)cc1. The van der Waals surface area contributed by atoms with Gasteiger partial charge in [0.25, 0.3) is 15.9 Å². The number of hydrogen-bond acceptors (Lipinski definition) is 7. The Labute approximate surface area is 275 Å². The van der Waals surface area contributed by atoms with Crippen molar-refractivity contribution in [3.63, 3.8) is 0 Å². The molecule has 0 radical (unpaired) electrons. The average molecular weight is 664 g/mol. The number of amides is 1. The van der Waals surface area contributed by atoms with Crippen LogP contribution in [0.4, 0.5) is 5.69 Å². The summed E-state index contributed by atoms with van der Waals surface area (Å²) in [5.74, 6) is 1.46. The van der Waals surface area contributed by atoms with Gasteiger partial charge in [-0.2, -0.15) is 0 Å². The normalized spacial score (nSPS) is 17.4. The van der Waals surface area contributed by atoms with E-state index in [2.05, 4.69) is 9.62 Å². The van der Waals surface area contributed by atoms with Gasteiger partial charge in [0.05, 0.1) is 23.1 Å². The van der Waals surface area contributed by atoms with E-state index in [0.29, 0.717) is 30.4 Å². The lowest BCUT2D eigenvalue weighted by molar-refractivity contribution is 0.0341. The third-order valence-corrected chi connectivity index (χ3v) is 9.54. The van der Waals surface area contributed by atoms with Gasteiger partial charge in [-0.15, -0.1) is 0 Å². The van der Waals surface area contributed by atoms with Gasteiger partial charge >= 0.3 is 0 Å². The maximum atomic E-state index is 13.8. The number of ether oxygens (including phenoxy) is 2. The summed E-state index contributed by atoms with van der Waals surface area (Å²) < 4.78 is 41.1. The molecular weight excluding hydrogens is 626 g/mol. The fraction of sp³-hybridized carbons (Fsp3) is 0.286. The van der Waals surface area contributed by atoms with Crippen LogP contribution in [-0.2, 0) is 16.6 Å². The van der Waals surface area contributed by atoms with Gasteiger partial charge in [0.1, 0.15) is 23.4 Å². The fourth-order valence-electron chi connectivity index (χ4n) is 5.30. The van der Waals surface area contributed by atoms with Crippen molar-refractivity contribution in [2.75, 3.05) is 31.5 Å². The van der Waals surface area contributed by atoms with Crippen LogP contribution in [-0.4, -0.2) is 68.1 Å². The number of para-hydroxylation sites is 1. The number of rotatable bonds is 11. The smallest absolute Gasteiger partial charge is 0.261 e. The second-order valence-electron chi connectivity index (χ2n) is 11.6.